The molecular weight excluding hydrogens is 369 g/mol. The summed E-state index contributed by atoms with van der Waals surface area (Å²) in [6.45, 7) is 4.49. The fourth-order valence-electron chi connectivity index (χ4n) is 3.83. The number of amides is 1. The topological polar surface area (TPSA) is 36.0 Å². The van der Waals surface area contributed by atoms with Crippen LogP contribution in [0.1, 0.15) is 18.4 Å². The van der Waals surface area contributed by atoms with Crippen molar-refractivity contribution in [3.63, 3.8) is 0 Å². The second-order valence-electron chi connectivity index (χ2n) is 7.84. The third-order valence-corrected chi connectivity index (χ3v) is 5.74. The number of benzene rings is 2. The molecule has 1 saturated heterocycles. The molecule has 0 atom stereocenters. The number of methoxy groups -OCH3 is 1. The highest BCUT2D eigenvalue weighted by atomic mass is 19.1. The van der Waals surface area contributed by atoms with Crippen LogP contribution in [-0.2, 0) is 11.3 Å². The van der Waals surface area contributed by atoms with Crippen LogP contribution in [0.3, 0.4) is 0 Å². The van der Waals surface area contributed by atoms with Gasteiger partial charge in [-0.05, 0) is 54.8 Å². The molecule has 0 bridgehead atoms. The van der Waals surface area contributed by atoms with E-state index in [0.717, 1.165) is 56.0 Å². The highest BCUT2D eigenvalue weighted by Crippen LogP contribution is 2.29. The van der Waals surface area contributed by atoms with Gasteiger partial charge in [-0.3, -0.25) is 9.69 Å². The Morgan fingerprint density at radius 2 is 1.69 bits per heavy atom. The number of anilines is 1. The van der Waals surface area contributed by atoms with Gasteiger partial charge in [-0.2, -0.15) is 0 Å². The summed E-state index contributed by atoms with van der Waals surface area (Å²) in [5, 5.41) is 0. The van der Waals surface area contributed by atoms with Gasteiger partial charge in [0.05, 0.1) is 13.7 Å². The molecule has 2 fully saturated rings. The van der Waals surface area contributed by atoms with E-state index >= 15 is 0 Å². The fraction of sp³-hybridized carbons (Fsp3) is 0.435. The Morgan fingerprint density at radius 1 is 1.03 bits per heavy atom. The molecule has 2 aliphatic rings. The molecule has 1 aliphatic carbocycles. The molecule has 4 rings (SSSR count). The normalized spacial score (nSPS) is 17.2. The zero-order valence-corrected chi connectivity index (χ0v) is 16.9. The van der Waals surface area contributed by atoms with E-state index in [1.54, 1.807) is 7.11 Å². The highest BCUT2D eigenvalue weighted by molar-refractivity contribution is 5.79. The van der Waals surface area contributed by atoms with Crippen molar-refractivity contribution in [1.82, 2.24) is 9.80 Å². The Bertz CT molecular complexity index is 813. The number of carbonyl (C=O) groups is 1. The van der Waals surface area contributed by atoms with Gasteiger partial charge in [-0.15, -0.1) is 0 Å². The van der Waals surface area contributed by atoms with Gasteiger partial charge < -0.3 is 14.5 Å². The molecule has 5 nitrogen and oxygen atoms in total. The van der Waals surface area contributed by atoms with Crippen molar-refractivity contribution in [3.05, 3.63) is 59.9 Å². The summed E-state index contributed by atoms with van der Waals surface area (Å²) < 4.78 is 18.3. The number of hydrogen-bond donors (Lipinski definition) is 0. The lowest BCUT2D eigenvalue weighted by atomic mass is 10.2. The third kappa shape index (κ3) is 5.07. The van der Waals surface area contributed by atoms with E-state index in [2.05, 4.69) is 9.80 Å². The van der Waals surface area contributed by atoms with Crippen molar-refractivity contribution in [3.8, 4) is 5.75 Å². The van der Waals surface area contributed by atoms with Crippen LogP contribution in [0.4, 0.5) is 10.1 Å². The molecule has 29 heavy (non-hydrogen) atoms. The van der Waals surface area contributed by atoms with Crippen molar-refractivity contribution in [2.45, 2.75) is 25.4 Å². The average molecular weight is 397 g/mol. The molecule has 6 heteroatoms. The largest absolute Gasteiger partial charge is 0.497 e. The second-order valence-corrected chi connectivity index (χ2v) is 7.84. The number of carbonyl (C=O) groups excluding carboxylic acids is 1. The zero-order chi connectivity index (χ0) is 20.2. The van der Waals surface area contributed by atoms with E-state index in [1.807, 2.05) is 41.3 Å². The lowest BCUT2D eigenvalue weighted by Gasteiger charge is -2.36. The predicted octanol–water partition coefficient (Wildman–Crippen LogP) is 3.15. The minimum Gasteiger partial charge on any atom is -0.497 e. The monoisotopic (exact) mass is 397 g/mol. The molecule has 1 amide bonds. The van der Waals surface area contributed by atoms with Crippen LogP contribution < -0.4 is 9.64 Å². The Balaban J connectivity index is 1.31. The molecule has 0 unspecified atom stereocenters. The summed E-state index contributed by atoms with van der Waals surface area (Å²) in [6.07, 6.45) is 2.19. The first-order chi connectivity index (χ1) is 14.1. The Morgan fingerprint density at radius 3 is 2.28 bits per heavy atom. The van der Waals surface area contributed by atoms with Gasteiger partial charge in [-0.25, -0.2) is 4.39 Å². The lowest BCUT2D eigenvalue weighted by molar-refractivity contribution is -0.133. The van der Waals surface area contributed by atoms with Crippen LogP contribution in [0.2, 0.25) is 0 Å². The summed E-state index contributed by atoms with van der Waals surface area (Å²) >= 11 is 0. The van der Waals surface area contributed by atoms with E-state index in [0.29, 0.717) is 19.1 Å². The molecule has 0 N–H and O–H groups in total. The average Bonchev–Trinajstić information content (AvgIpc) is 3.59. The number of ether oxygens (including phenoxy) is 1. The number of hydrogen-bond acceptors (Lipinski definition) is 4. The summed E-state index contributed by atoms with van der Waals surface area (Å²) in [4.78, 5) is 19.5. The molecule has 1 saturated carbocycles. The van der Waals surface area contributed by atoms with E-state index in [4.69, 9.17) is 4.74 Å². The van der Waals surface area contributed by atoms with Gasteiger partial charge in [0, 0.05) is 44.5 Å². The Hall–Kier alpha value is -2.60. The molecule has 1 aliphatic heterocycles. The standard InChI is InChI=1S/C23H28FN3O2/c1-29-22-10-2-18(3-11-22)16-27(21-8-9-21)23(28)17-25-12-14-26(15-13-25)20-6-4-19(24)5-7-20/h2-7,10-11,21H,8-9,12-17H2,1H3. The van der Waals surface area contributed by atoms with Crippen LogP contribution in [-0.4, -0.2) is 61.6 Å². The Labute approximate surface area is 171 Å². The SMILES string of the molecule is COc1ccc(CN(C(=O)CN2CCN(c3ccc(F)cc3)CC2)C2CC2)cc1. The Kier molecular flexibility index (Phi) is 6.00. The molecule has 2 aromatic rings. The first kappa shape index (κ1) is 19.7. The number of piperazine rings is 1. The minimum absolute atomic E-state index is 0.207. The molecule has 154 valence electrons. The van der Waals surface area contributed by atoms with Gasteiger partial charge in [0.25, 0.3) is 0 Å². The smallest absolute Gasteiger partial charge is 0.237 e. The van der Waals surface area contributed by atoms with Crippen LogP contribution in [0.15, 0.2) is 48.5 Å². The predicted molar refractivity (Wildman–Crippen MR) is 112 cm³/mol. The summed E-state index contributed by atoms with van der Waals surface area (Å²) in [6, 6.07) is 15.0. The number of rotatable bonds is 7. The zero-order valence-electron chi connectivity index (χ0n) is 16.9. The molecule has 2 aromatic carbocycles. The van der Waals surface area contributed by atoms with Gasteiger partial charge in [0.15, 0.2) is 0 Å². The molecule has 0 aromatic heterocycles. The molecular formula is C23H28FN3O2. The van der Waals surface area contributed by atoms with E-state index < -0.39 is 0 Å². The van der Waals surface area contributed by atoms with Crippen molar-refractivity contribution < 1.29 is 13.9 Å². The van der Waals surface area contributed by atoms with Crippen LogP contribution in [0, 0.1) is 5.82 Å². The number of halogens is 1. The fourth-order valence-corrected chi connectivity index (χ4v) is 3.83. The lowest BCUT2D eigenvalue weighted by Crippen LogP contribution is -2.50. The van der Waals surface area contributed by atoms with Crippen molar-refractivity contribution >= 4 is 11.6 Å². The van der Waals surface area contributed by atoms with E-state index in [-0.39, 0.29) is 11.7 Å². The van der Waals surface area contributed by atoms with Gasteiger partial charge in [-0.1, -0.05) is 12.1 Å². The molecule has 0 radical (unpaired) electrons. The quantitative estimate of drug-likeness (QED) is 0.719. The first-order valence-corrected chi connectivity index (χ1v) is 10.3. The summed E-state index contributed by atoms with van der Waals surface area (Å²) in [7, 11) is 1.66. The molecule has 0 spiro atoms. The van der Waals surface area contributed by atoms with Crippen molar-refractivity contribution in [1.29, 1.82) is 0 Å². The maximum atomic E-state index is 13.1. The van der Waals surface area contributed by atoms with E-state index in [1.165, 1.54) is 12.1 Å². The van der Waals surface area contributed by atoms with Crippen molar-refractivity contribution in [2.24, 2.45) is 0 Å². The van der Waals surface area contributed by atoms with Crippen LogP contribution in [0.5, 0.6) is 5.75 Å². The maximum absolute atomic E-state index is 13.1. The number of nitrogens with zero attached hydrogens (tertiary/aromatic N) is 3. The second kappa shape index (κ2) is 8.82. The maximum Gasteiger partial charge on any atom is 0.237 e. The van der Waals surface area contributed by atoms with Crippen LogP contribution in [0.25, 0.3) is 0 Å². The molecule has 1 heterocycles. The highest BCUT2D eigenvalue weighted by Gasteiger charge is 2.33. The summed E-state index contributed by atoms with van der Waals surface area (Å²) in [5.41, 5.74) is 2.17. The van der Waals surface area contributed by atoms with Crippen LogP contribution >= 0.6 is 0 Å². The van der Waals surface area contributed by atoms with Gasteiger partial charge >= 0.3 is 0 Å². The van der Waals surface area contributed by atoms with Gasteiger partial charge in [0.2, 0.25) is 5.91 Å². The van der Waals surface area contributed by atoms with Gasteiger partial charge in [0.1, 0.15) is 11.6 Å². The summed E-state index contributed by atoms with van der Waals surface area (Å²) in [5.74, 6) is 0.825. The van der Waals surface area contributed by atoms with Crippen molar-refractivity contribution in [2.75, 3.05) is 44.7 Å². The van der Waals surface area contributed by atoms with E-state index in [9.17, 15) is 9.18 Å². The minimum atomic E-state index is -0.213. The first-order valence-electron chi connectivity index (χ1n) is 10.3. The third-order valence-electron chi connectivity index (χ3n) is 5.74.